The SMILES string of the molecule is CCNC(=O)NC1CCC(O)c2sccc21. The maximum Gasteiger partial charge on any atom is 0.315 e. The van der Waals surface area contributed by atoms with Crippen LogP contribution >= 0.6 is 11.3 Å². The second-order valence-corrected chi connectivity index (χ2v) is 4.84. The number of thiophene rings is 1. The van der Waals surface area contributed by atoms with E-state index in [2.05, 4.69) is 10.6 Å². The number of amides is 2. The van der Waals surface area contributed by atoms with Crippen molar-refractivity contribution < 1.29 is 9.90 Å². The standard InChI is InChI=1S/C11H16N2O2S/c1-2-12-11(15)13-8-3-4-9(14)10-7(8)5-6-16-10/h5-6,8-9,14H,2-4H2,1H3,(H2,12,13,15). The molecular weight excluding hydrogens is 224 g/mol. The highest BCUT2D eigenvalue weighted by molar-refractivity contribution is 7.10. The number of carbonyl (C=O) groups is 1. The molecule has 1 aliphatic rings. The molecule has 2 rings (SSSR count). The molecule has 0 saturated carbocycles. The normalized spacial score (nSPS) is 23.6. The molecule has 0 fully saturated rings. The average molecular weight is 240 g/mol. The lowest BCUT2D eigenvalue weighted by molar-refractivity contribution is 0.151. The van der Waals surface area contributed by atoms with Gasteiger partial charge in [-0.3, -0.25) is 0 Å². The quantitative estimate of drug-likeness (QED) is 0.739. The molecule has 2 amide bonds. The van der Waals surface area contributed by atoms with Crippen molar-refractivity contribution in [2.75, 3.05) is 6.54 Å². The van der Waals surface area contributed by atoms with Gasteiger partial charge in [-0.15, -0.1) is 11.3 Å². The van der Waals surface area contributed by atoms with Gasteiger partial charge in [0.1, 0.15) is 0 Å². The fourth-order valence-electron chi connectivity index (χ4n) is 2.02. The van der Waals surface area contributed by atoms with E-state index in [0.29, 0.717) is 13.0 Å². The van der Waals surface area contributed by atoms with Crippen LogP contribution in [0.25, 0.3) is 0 Å². The third-order valence-corrected chi connectivity index (χ3v) is 3.81. The van der Waals surface area contributed by atoms with Gasteiger partial charge in [0.25, 0.3) is 0 Å². The Hall–Kier alpha value is -1.07. The Kier molecular flexibility index (Phi) is 3.46. The molecule has 0 aliphatic heterocycles. The Morgan fingerprint density at radius 3 is 3.19 bits per heavy atom. The highest BCUT2D eigenvalue weighted by Crippen LogP contribution is 2.39. The van der Waals surface area contributed by atoms with Crippen molar-refractivity contribution in [1.82, 2.24) is 10.6 Å². The van der Waals surface area contributed by atoms with Crippen LogP contribution in [0.5, 0.6) is 0 Å². The van der Waals surface area contributed by atoms with E-state index in [4.69, 9.17) is 0 Å². The second-order valence-electron chi connectivity index (χ2n) is 3.89. The Balaban J connectivity index is 2.08. The minimum atomic E-state index is -0.359. The number of urea groups is 1. The molecule has 2 atom stereocenters. The Morgan fingerprint density at radius 2 is 2.44 bits per heavy atom. The van der Waals surface area contributed by atoms with Crippen LogP contribution in [0.1, 0.15) is 42.4 Å². The van der Waals surface area contributed by atoms with E-state index in [0.717, 1.165) is 16.9 Å². The number of fused-ring (bicyclic) bond motifs is 1. The summed E-state index contributed by atoms with van der Waals surface area (Å²) in [5.74, 6) is 0. The maximum absolute atomic E-state index is 11.4. The molecule has 0 spiro atoms. The molecule has 0 radical (unpaired) electrons. The van der Waals surface area contributed by atoms with Gasteiger partial charge in [0.05, 0.1) is 12.1 Å². The molecule has 3 N–H and O–H groups in total. The number of hydrogen-bond donors (Lipinski definition) is 3. The third-order valence-electron chi connectivity index (χ3n) is 2.78. The van der Waals surface area contributed by atoms with Crippen molar-refractivity contribution in [3.05, 3.63) is 21.9 Å². The summed E-state index contributed by atoms with van der Waals surface area (Å²) in [6.45, 7) is 2.51. The van der Waals surface area contributed by atoms with Gasteiger partial charge in [0, 0.05) is 11.4 Å². The summed E-state index contributed by atoms with van der Waals surface area (Å²) in [5.41, 5.74) is 1.06. The number of aliphatic hydroxyl groups excluding tert-OH is 1. The van der Waals surface area contributed by atoms with E-state index in [9.17, 15) is 9.90 Å². The summed E-state index contributed by atoms with van der Waals surface area (Å²) in [6, 6.07) is 1.89. The molecule has 1 heterocycles. The summed E-state index contributed by atoms with van der Waals surface area (Å²) in [6.07, 6.45) is 1.15. The van der Waals surface area contributed by atoms with Crippen LogP contribution < -0.4 is 10.6 Å². The van der Waals surface area contributed by atoms with Crippen molar-refractivity contribution in [3.8, 4) is 0 Å². The van der Waals surface area contributed by atoms with Gasteiger partial charge < -0.3 is 15.7 Å². The zero-order valence-corrected chi connectivity index (χ0v) is 10.0. The Bertz CT molecular complexity index is 378. The third kappa shape index (κ3) is 2.20. The molecule has 2 unspecified atom stereocenters. The maximum atomic E-state index is 11.4. The lowest BCUT2D eigenvalue weighted by Crippen LogP contribution is -2.39. The Labute approximate surface area is 98.7 Å². The van der Waals surface area contributed by atoms with E-state index in [1.807, 2.05) is 18.4 Å². The van der Waals surface area contributed by atoms with E-state index in [1.54, 1.807) is 11.3 Å². The lowest BCUT2D eigenvalue weighted by Gasteiger charge is -2.26. The van der Waals surface area contributed by atoms with Crippen molar-refractivity contribution in [3.63, 3.8) is 0 Å². The summed E-state index contributed by atoms with van der Waals surface area (Å²) in [4.78, 5) is 12.4. The number of nitrogens with one attached hydrogen (secondary N) is 2. The molecule has 1 aliphatic carbocycles. The highest BCUT2D eigenvalue weighted by Gasteiger charge is 2.27. The minimum Gasteiger partial charge on any atom is -0.388 e. The van der Waals surface area contributed by atoms with Gasteiger partial charge in [0.2, 0.25) is 0 Å². The number of rotatable bonds is 2. The van der Waals surface area contributed by atoms with Gasteiger partial charge in [-0.25, -0.2) is 4.79 Å². The molecule has 0 bridgehead atoms. The monoisotopic (exact) mass is 240 g/mol. The van der Waals surface area contributed by atoms with E-state index >= 15 is 0 Å². The van der Waals surface area contributed by atoms with Gasteiger partial charge in [-0.05, 0) is 36.8 Å². The van der Waals surface area contributed by atoms with Crippen LogP contribution in [0.4, 0.5) is 4.79 Å². The first kappa shape index (κ1) is 11.4. The molecule has 5 heteroatoms. The fourth-order valence-corrected chi connectivity index (χ4v) is 3.00. The fraction of sp³-hybridized carbons (Fsp3) is 0.545. The van der Waals surface area contributed by atoms with Gasteiger partial charge >= 0.3 is 6.03 Å². The topological polar surface area (TPSA) is 61.4 Å². The summed E-state index contributed by atoms with van der Waals surface area (Å²) in [5, 5.41) is 17.4. The summed E-state index contributed by atoms with van der Waals surface area (Å²) in [7, 11) is 0. The van der Waals surface area contributed by atoms with E-state index < -0.39 is 0 Å². The van der Waals surface area contributed by atoms with E-state index in [-0.39, 0.29) is 18.2 Å². The van der Waals surface area contributed by atoms with E-state index in [1.165, 1.54) is 0 Å². The number of aliphatic hydroxyl groups is 1. The van der Waals surface area contributed by atoms with Crippen LogP contribution in [-0.4, -0.2) is 17.7 Å². The molecule has 16 heavy (non-hydrogen) atoms. The van der Waals surface area contributed by atoms with Crippen molar-refractivity contribution >= 4 is 17.4 Å². The zero-order chi connectivity index (χ0) is 11.5. The second kappa shape index (κ2) is 4.84. The minimum absolute atomic E-state index is 0.0381. The van der Waals surface area contributed by atoms with Crippen molar-refractivity contribution in [2.45, 2.75) is 31.9 Å². The molecule has 0 saturated heterocycles. The van der Waals surface area contributed by atoms with Crippen molar-refractivity contribution in [1.29, 1.82) is 0 Å². The zero-order valence-electron chi connectivity index (χ0n) is 9.19. The van der Waals surface area contributed by atoms with Gasteiger partial charge in [-0.2, -0.15) is 0 Å². The van der Waals surface area contributed by atoms with Crippen LogP contribution in [0.2, 0.25) is 0 Å². The molecule has 0 aromatic carbocycles. The van der Waals surface area contributed by atoms with Gasteiger partial charge in [-0.1, -0.05) is 0 Å². The first-order valence-corrected chi connectivity index (χ1v) is 6.40. The van der Waals surface area contributed by atoms with Crippen LogP contribution in [-0.2, 0) is 0 Å². The molecule has 88 valence electrons. The smallest absolute Gasteiger partial charge is 0.315 e. The van der Waals surface area contributed by atoms with Crippen LogP contribution in [0.15, 0.2) is 11.4 Å². The first-order chi connectivity index (χ1) is 7.72. The lowest BCUT2D eigenvalue weighted by atomic mass is 9.92. The number of hydrogen-bond acceptors (Lipinski definition) is 3. The van der Waals surface area contributed by atoms with Gasteiger partial charge in [0.15, 0.2) is 0 Å². The summed E-state index contributed by atoms with van der Waals surface area (Å²) >= 11 is 1.56. The summed E-state index contributed by atoms with van der Waals surface area (Å²) < 4.78 is 0. The predicted molar refractivity (Wildman–Crippen MR) is 63.5 cm³/mol. The highest BCUT2D eigenvalue weighted by atomic mass is 32.1. The van der Waals surface area contributed by atoms with Crippen LogP contribution in [0.3, 0.4) is 0 Å². The van der Waals surface area contributed by atoms with Crippen molar-refractivity contribution in [2.24, 2.45) is 0 Å². The molecular formula is C11H16N2O2S. The Morgan fingerprint density at radius 1 is 1.62 bits per heavy atom. The largest absolute Gasteiger partial charge is 0.388 e. The molecule has 1 aromatic rings. The number of carbonyl (C=O) groups excluding carboxylic acids is 1. The molecule has 1 aromatic heterocycles. The predicted octanol–water partition coefficient (Wildman–Crippen LogP) is 1.94. The average Bonchev–Trinajstić information content (AvgIpc) is 2.72. The molecule has 4 nitrogen and oxygen atoms in total. The first-order valence-electron chi connectivity index (χ1n) is 5.52. The van der Waals surface area contributed by atoms with Crippen LogP contribution in [0, 0.1) is 0 Å².